The molecule has 2 aromatic rings. The minimum absolute atomic E-state index is 0.134. The Balaban J connectivity index is 1.72. The summed E-state index contributed by atoms with van der Waals surface area (Å²) in [6.07, 6.45) is 4.38. The third-order valence-corrected chi connectivity index (χ3v) is 4.76. The van der Waals surface area contributed by atoms with Gasteiger partial charge in [0.1, 0.15) is 6.33 Å². The van der Waals surface area contributed by atoms with Crippen molar-refractivity contribution in [3.63, 3.8) is 0 Å². The van der Waals surface area contributed by atoms with Gasteiger partial charge >= 0.3 is 6.03 Å². The lowest BCUT2D eigenvalue weighted by atomic mass is 9.94. The Kier molecular flexibility index (Phi) is 5.76. The van der Waals surface area contributed by atoms with Crippen molar-refractivity contribution >= 4 is 23.0 Å². The van der Waals surface area contributed by atoms with Crippen molar-refractivity contribution in [1.82, 2.24) is 29.7 Å². The summed E-state index contributed by atoms with van der Waals surface area (Å²) in [7, 11) is 5.30. The number of likely N-dealkylation sites (N-methyl/N-ethyl adjacent to an activating group) is 1. The van der Waals surface area contributed by atoms with Crippen LogP contribution in [-0.2, 0) is 11.3 Å². The van der Waals surface area contributed by atoms with Gasteiger partial charge in [-0.3, -0.25) is 0 Å². The standard InChI is InChI=1S/C17H27N7O3/c1-22(2)16(25)18-6-7-23(3)14-13-15(20-11-19-14)24(12-21-13)10-17(26)4-8-27-9-5-17/h11-12,26H,4-10H2,1-3H3,(H,18,25). The second-order valence-electron chi connectivity index (χ2n) is 7.13. The third-order valence-electron chi connectivity index (χ3n) is 4.76. The molecule has 3 heterocycles. The fraction of sp³-hybridized carbons (Fsp3) is 0.647. The van der Waals surface area contributed by atoms with E-state index < -0.39 is 5.60 Å². The Bertz CT molecular complexity index is 786. The fourth-order valence-corrected chi connectivity index (χ4v) is 3.08. The monoisotopic (exact) mass is 377 g/mol. The second kappa shape index (κ2) is 8.05. The first-order valence-corrected chi connectivity index (χ1v) is 9.02. The van der Waals surface area contributed by atoms with E-state index in [1.165, 1.54) is 11.2 Å². The number of imidazole rings is 1. The SMILES string of the molecule is CN(C)C(=O)NCCN(C)c1ncnc2c1ncn2CC1(O)CCOCC1. The molecule has 3 rings (SSSR count). The number of hydrogen-bond acceptors (Lipinski definition) is 7. The van der Waals surface area contributed by atoms with Crippen molar-refractivity contribution in [3.05, 3.63) is 12.7 Å². The predicted molar refractivity (Wildman–Crippen MR) is 101 cm³/mol. The maximum atomic E-state index is 11.6. The van der Waals surface area contributed by atoms with Crippen molar-refractivity contribution in [2.24, 2.45) is 0 Å². The highest BCUT2D eigenvalue weighted by atomic mass is 16.5. The van der Waals surface area contributed by atoms with E-state index in [-0.39, 0.29) is 6.03 Å². The number of carbonyl (C=O) groups excluding carboxylic acids is 1. The molecule has 0 atom stereocenters. The largest absolute Gasteiger partial charge is 0.388 e. The first kappa shape index (κ1) is 19.3. The molecule has 2 amide bonds. The number of ether oxygens (including phenoxy) is 1. The highest BCUT2D eigenvalue weighted by Crippen LogP contribution is 2.26. The minimum atomic E-state index is -0.806. The summed E-state index contributed by atoms with van der Waals surface area (Å²) < 4.78 is 7.21. The van der Waals surface area contributed by atoms with E-state index in [1.807, 2.05) is 16.5 Å². The van der Waals surface area contributed by atoms with Gasteiger partial charge in [-0.25, -0.2) is 19.7 Å². The van der Waals surface area contributed by atoms with Gasteiger partial charge in [0, 0.05) is 60.3 Å². The van der Waals surface area contributed by atoms with E-state index in [0.717, 1.165) is 0 Å². The zero-order valence-corrected chi connectivity index (χ0v) is 16.1. The van der Waals surface area contributed by atoms with Gasteiger partial charge in [-0.2, -0.15) is 0 Å². The molecule has 1 fully saturated rings. The van der Waals surface area contributed by atoms with Crippen molar-refractivity contribution in [2.45, 2.75) is 25.0 Å². The number of anilines is 1. The van der Waals surface area contributed by atoms with Gasteiger partial charge in [0.25, 0.3) is 0 Å². The number of urea groups is 1. The molecule has 0 bridgehead atoms. The summed E-state index contributed by atoms with van der Waals surface area (Å²) in [6.45, 7) is 2.61. The molecule has 27 heavy (non-hydrogen) atoms. The molecule has 2 aromatic heterocycles. The molecule has 0 unspecified atom stereocenters. The van der Waals surface area contributed by atoms with Crippen LogP contribution < -0.4 is 10.2 Å². The molecule has 148 valence electrons. The minimum Gasteiger partial charge on any atom is -0.388 e. The van der Waals surface area contributed by atoms with Crippen LogP contribution in [0.2, 0.25) is 0 Å². The van der Waals surface area contributed by atoms with E-state index in [2.05, 4.69) is 20.3 Å². The highest BCUT2D eigenvalue weighted by molar-refractivity contribution is 5.83. The summed E-state index contributed by atoms with van der Waals surface area (Å²) in [6, 6.07) is -0.134. The number of rotatable bonds is 6. The molecule has 1 aliphatic rings. The van der Waals surface area contributed by atoms with Crippen LogP contribution in [0.5, 0.6) is 0 Å². The number of carbonyl (C=O) groups is 1. The van der Waals surface area contributed by atoms with Crippen molar-refractivity contribution in [3.8, 4) is 0 Å². The van der Waals surface area contributed by atoms with Gasteiger partial charge in [-0.15, -0.1) is 0 Å². The number of amides is 2. The molecule has 0 saturated carbocycles. The van der Waals surface area contributed by atoms with Crippen LogP contribution in [-0.4, -0.2) is 88.6 Å². The van der Waals surface area contributed by atoms with E-state index in [4.69, 9.17) is 4.74 Å². The summed E-state index contributed by atoms with van der Waals surface area (Å²) >= 11 is 0. The Labute approximate surface area is 158 Å². The van der Waals surface area contributed by atoms with Gasteiger partial charge in [0.15, 0.2) is 17.0 Å². The summed E-state index contributed by atoms with van der Waals surface area (Å²) in [5, 5.41) is 13.6. The van der Waals surface area contributed by atoms with E-state index in [1.54, 1.807) is 20.4 Å². The molecule has 10 nitrogen and oxygen atoms in total. The lowest BCUT2D eigenvalue weighted by Crippen LogP contribution is -2.40. The van der Waals surface area contributed by atoms with E-state index in [0.29, 0.717) is 62.7 Å². The van der Waals surface area contributed by atoms with Crippen LogP contribution >= 0.6 is 0 Å². The molecule has 0 spiro atoms. The van der Waals surface area contributed by atoms with Crippen molar-refractivity contribution in [1.29, 1.82) is 0 Å². The Hall–Kier alpha value is -2.46. The third kappa shape index (κ3) is 4.45. The number of aliphatic hydroxyl groups is 1. The first-order chi connectivity index (χ1) is 12.9. The highest BCUT2D eigenvalue weighted by Gasteiger charge is 2.31. The number of aromatic nitrogens is 4. The number of nitrogens with zero attached hydrogens (tertiary/aromatic N) is 6. The Morgan fingerprint density at radius 3 is 2.74 bits per heavy atom. The van der Waals surface area contributed by atoms with E-state index in [9.17, 15) is 9.90 Å². The molecule has 0 aromatic carbocycles. The molecule has 1 aliphatic heterocycles. The quantitative estimate of drug-likeness (QED) is 0.733. The number of nitrogens with one attached hydrogen (secondary N) is 1. The summed E-state index contributed by atoms with van der Waals surface area (Å²) in [5.41, 5.74) is 0.554. The lowest BCUT2D eigenvalue weighted by Gasteiger charge is -2.32. The Morgan fingerprint density at radius 2 is 2.04 bits per heavy atom. The second-order valence-corrected chi connectivity index (χ2v) is 7.13. The van der Waals surface area contributed by atoms with Gasteiger partial charge in [-0.05, 0) is 0 Å². The maximum absolute atomic E-state index is 11.6. The zero-order chi connectivity index (χ0) is 19.4. The van der Waals surface area contributed by atoms with Crippen LogP contribution in [0.1, 0.15) is 12.8 Å². The maximum Gasteiger partial charge on any atom is 0.316 e. The smallest absolute Gasteiger partial charge is 0.316 e. The molecular formula is C17H27N7O3. The van der Waals surface area contributed by atoms with Crippen LogP contribution in [0.15, 0.2) is 12.7 Å². The van der Waals surface area contributed by atoms with Gasteiger partial charge in [0.2, 0.25) is 0 Å². The normalized spacial score (nSPS) is 16.3. The van der Waals surface area contributed by atoms with Crippen molar-refractivity contribution in [2.75, 3.05) is 52.3 Å². The molecule has 2 N–H and O–H groups in total. The van der Waals surface area contributed by atoms with Crippen LogP contribution in [0.3, 0.4) is 0 Å². The Morgan fingerprint density at radius 1 is 1.30 bits per heavy atom. The molecule has 0 aliphatic carbocycles. The number of fused-ring (bicyclic) bond motifs is 1. The van der Waals surface area contributed by atoms with Gasteiger partial charge in [0.05, 0.1) is 18.5 Å². The predicted octanol–water partition coefficient (Wildman–Crippen LogP) is 0.0752. The zero-order valence-electron chi connectivity index (χ0n) is 16.1. The van der Waals surface area contributed by atoms with Gasteiger partial charge in [-0.1, -0.05) is 0 Å². The molecule has 10 heteroatoms. The topological polar surface area (TPSA) is 109 Å². The first-order valence-electron chi connectivity index (χ1n) is 9.02. The average Bonchev–Trinajstić information content (AvgIpc) is 3.04. The number of hydrogen-bond donors (Lipinski definition) is 2. The fourth-order valence-electron chi connectivity index (χ4n) is 3.08. The van der Waals surface area contributed by atoms with Crippen LogP contribution in [0, 0.1) is 0 Å². The van der Waals surface area contributed by atoms with E-state index >= 15 is 0 Å². The lowest BCUT2D eigenvalue weighted by molar-refractivity contribution is -0.0723. The van der Waals surface area contributed by atoms with Crippen LogP contribution in [0.25, 0.3) is 11.2 Å². The summed E-state index contributed by atoms with van der Waals surface area (Å²) in [5.74, 6) is 0.691. The average molecular weight is 377 g/mol. The summed E-state index contributed by atoms with van der Waals surface area (Å²) in [4.78, 5) is 28.2. The molecular weight excluding hydrogens is 350 g/mol. The molecule has 1 saturated heterocycles. The van der Waals surface area contributed by atoms with Crippen molar-refractivity contribution < 1.29 is 14.6 Å². The molecule has 0 radical (unpaired) electrons. The van der Waals surface area contributed by atoms with Crippen LogP contribution in [0.4, 0.5) is 10.6 Å². The van der Waals surface area contributed by atoms with Gasteiger partial charge < -0.3 is 29.5 Å².